The van der Waals surface area contributed by atoms with Gasteiger partial charge in [-0.1, -0.05) is 54.2 Å². The van der Waals surface area contributed by atoms with Crippen LogP contribution in [0.2, 0.25) is 0 Å². The van der Waals surface area contributed by atoms with Crippen LogP contribution < -0.4 is 0 Å². The Morgan fingerprint density at radius 2 is 2.03 bits per heavy atom. The van der Waals surface area contributed by atoms with E-state index >= 15 is 0 Å². The molecule has 0 saturated carbocycles. The third-order valence-electron chi connectivity index (χ3n) is 4.81. The number of thiophene rings is 1. The van der Waals surface area contributed by atoms with E-state index in [9.17, 15) is 14.7 Å². The zero-order valence-corrected chi connectivity index (χ0v) is 17.7. The number of aryl methyl sites for hydroxylation is 1. The zero-order chi connectivity index (χ0) is 20.6. The molecule has 1 saturated heterocycles. The number of hydrogen-bond acceptors (Lipinski definition) is 5. The SMILES string of the molecule is O=C(O)c1ccc(CCCN2C(=O)SCC[C@@H]2/C=C/[C@@H](O)Cc2ccccc2)s1. The van der Waals surface area contributed by atoms with E-state index < -0.39 is 12.1 Å². The molecule has 154 valence electrons. The summed E-state index contributed by atoms with van der Waals surface area (Å²) in [6.45, 7) is 0.621. The van der Waals surface area contributed by atoms with Gasteiger partial charge in [0.2, 0.25) is 0 Å². The summed E-state index contributed by atoms with van der Waals surface area (Å²) < 4.78 is 0. The van der Waals surface area contributed by atoms with Crippen LogP contribution in [-0.2, 0) is 12.8 Å². The molecule has 0 spiro atoms. The van der Waals surface area contributed by atoms with Crippen molar-refractivity contribution in [1.82, 2.24) is 4.90 Å². The Labute approximate surface area is 179 Å². The fourth-order valence-electron chi connectivity index (χ4n) is 3.33. The molecule has 2 atom stereocenters. The van der Waals surface area contributed by atoms with E-state index in [1.165, 1.54) is 23.1 Å². The van der Waals surface area contributed by atoms with Gasteiger partial charge in [-0.05, 0) is 37.0 Å². The number of aromatic carboxylic acids is 1. The Kier molecular flexibility index (Phi) is 7.91. The summed E-state index contributed by atoms with van der Waals surface area (Å²) in [5.74, 6) is -0.116. The molecule has 3 rings (SSSR count). The largest absolute Gasteiger partial charge is 0.477 e. The van der Waals surface area contributed by atoms with Crippen molar-refractivity contribution in [2.24, 2.45) is 0 Å². The number of carboxylic acids is 1. The van der Waals surface area contributed by atoms with Gasteiger partial charge in [0.25, 0.3) is 5.24 Å². The highest BCUT2D eigenvalue weighted by molar-refractivity contribution is 8.13. The fourth-order valence-corrected chi connectivity index (χ4v) is 5.14. The quantitative estimate of drug-likeness (QED) is 0.573. The van der Waals surface area contributed by atoms with E-state index in [4.69, 9.17) is 5.11 Å². The van der Waals surface area contributed by atoms with Crippen LogP contribution in [0.25, 0.3) is 0 Å². The van der Waals surface area contributed by atoms with Crippen molar-refractivity contribution in [2.75, 3.05) is 12.3 Å². The maximum absolute atomic E-state index is 12.4. The summed E-state index contributed by atoms with van der Waals surface area (Å²) in [4.78, 5) is 26.6. The van der Waals surface area contributed by atoms with E-state index in [0.717, 1.165) is 35.5 Å². The molecule has 2 N–H and O–H groups in total. The second-order valence-electron chi connectivity index (χ2n) is 6.98. The number of carbonyl (C=O) groups is 2. The van der Waals surface area contributed by atoms with Crippen LogP contribution in [0.15, 0.2) is 54.6 Å². The lowest BCUT2D eigenvalue weighted by molar-refractivity contribution is 0.0702. The summed E-state index contributed by atoms with van der Waals surface area (Å²) >= 11 is 2.63. The lowest BCUT2D eigenvalue weighted by atomic mass is 10.1. The smallest absolute Gasteiger partial charge is 0.345 e. The first kappa shape index (κ1) is 21.6. The fraction of sp³-hybridized carbons (Fsp3) is 0.364. The standard InChI is InChI=1S/C22H25NO4S2/c24-18(15-16-5-2-1-3-6-16)9-8-17-12-14-28-22(27)23(17)13-4-7-19-10-11-20(29-19)21(25)26/h1-3,5-6,8-11,17-18,24H,4,7,12-15H2,(H,25,26)/b9-8+/t17-,18+/m0/s1. The van der Waals surface area contributed by atoms with Crippen LogP contribution in [-0.4, -0.2) is 50.8 Å². The third kappa shape index (κ3) is 6.45. The predicted molar refractivity (Wildman–Crippen MR) is 118 cm³/mol. The lowest BCUT2D eigenvalue weighted by Gasteiger charge is -2.33. The number of aliphatic hydroxyl groups is 1. The average Bonchev–Trinajstić information content (AvgIpc) is 3.18. The monoisotopic (exact) mass is 431 g/mol. The summed E-state index contributed by atoms with van der Waals surface area (Å²) in [5, 5.41) is 19.4. The predicted octanol–water partition coefficient (Wildman–Crippen LogP) is 4.47. The zero-order valence-electron chi connectivity index (χ0n) is 16.1. The van der Waals surface area contributed by atoms with Crippen LogP contribution in [0.1, 0.15) is 33.0 Å². The summed E-state index contributed by atoms with van der Waals surface area (Å²) in [5.41, 5.74) is 1.08. The lowest BCUT2D eigenvalue weighted by Crippen LogP contribution is -2.41. The van der Waals surface area contributed by atoms with Gasteiger partial charge in [0.15, 0.2) is 0 Å². The van der Waals surface area contributed by atoms with Crippen molar-refractivity contribution >= 4 is 34.3 Å². The molecule has 5 nitrogen and oxygen atoms in total. The molecule has 7 heteroatoms. The van der Waals surface area contributed by atoms with Crippen LogP contribution in [0.3, 0.4) is 0 Å². The molecule has 0 bridgehead atoms. The van der Waals surface area contributed by atoms with Crippen molar-refractivity contribution < 1.29 is 19.8 Å². The summed E-state index contributed by atoms with van der Waals surface area (Å²) in [6.07, 6.45) is 6.13. The number of hydrogen-bond donors (Lipinski definition) is 2. The van der Waals surface area contributed by atoms with E-state index in [2.05, 4.69) is 0 Å². The van der Waals surface area contributed by atoms with Gasteiger partial charge < -0.3 is 15.1 Å². The Bertz CT molecular complexity index is 850. The van der Waals surface area contributed by atoms with E-state index in [-0.39, 0.29) is 11.3 Å². The molecule has 0 unspecified atom stereocenters. The van der Waals surface area contributed by atoms with Gasteiger partial charge in [0, 0.05) is 23.6 Å². The van der Waals surface area contributed by atoms with Gasteiger partial charge in [0.05, 0.1) is 12.1 Å². The number of benzene rings is 1. The van der Waals surface area contributed by atoms with Gasteiger partial charge in [-0.25, -0.2) is 4.79 Å². The third-order valence-corrected chi connectivity index (χ3v) is 6.87. The Hall–Kier alpha value is -2.09. The summed E-state index contributed by atoms with van der Waals surface area (Å²) in [6, 6.07) is 13.3. The molecule has 2 heterocycles. The van der Waals surface area contributed by atoms with Gasteiger partial charge >= 0.3 is 5.97 Å². The Morgan fingerprint density at radius 1 is 1.24 bits per heavy atom. The number of rotatable bonds is 9. The molecule has 1 aromatic carbocycles. The number of carboxylic acid groups (broad SMARTS) is 1. The van der Waals surface area contributed by atoms with Crippen molar-refractivity contribution in [3.8, 4) is 0 Å². The van der Waals surface area contributed by atoms with Gasteiger partial charge in [-0.3, -0.25) is 4.79 Å². The highest BCUT2D eigenvalue weighted by Gasteiger charge is 2.26. The highest BCUT2D eigenvalue weighted by atomic mass is 32.2. The van der Waals surface area contributed by atoms with Crippen LogP contribution in [0, 0.1) is 0 Å². The molecule has 1 aliphatic rings. The first-order valence-corrected chi connectivity index (χ1v) is 11.5. The Morgan fingerprint density at radius 3 is 2.76 bits per heavy atom. The molecule has 29 heavy (non-hydrogen) atoms. The minimum atomic E-state index is -0.900. The first-order chi connectivity index (χ1) is 14.0. The van der Waals surface area contributed by atoms with Crippen molar-refractivity contribution in [3.05, 3.63) is 69.9 Å². The molecular weight excluding hydrogens is 406 g/mol. The normalized spacial score (nSPS) is 18.3. The molecular formula is C22H25NO4S2. The molecule has 0 aliphatic carbocycles. The van der Waals surface area contributed by atoms with Gasteiger partial charge in [0.1, 0.15) is 4.88 Å². The second kappa shape index (κ2) is 10.6. The number of carbonyl (C=O) groups excluding carboxylic acids is 1. The number of amides is 1. The van der Waals surface area contributed by atoms with Crippen LogP contribution >= 0.6 is 23.1 Å². The first-order valence-electron chi connectivity index (χ1n) is 9.68. The van der Waals surface area contributed by atoms with Gasteiger partial charge in [-0.15, -0.1) is 11.3 Å². The maximum atomic E-state index is 12.4. The van der Waals surface area contributed by atoms with E-state index in [1.54, 1.807) is 12.1 Å². The van der Waals surface area contributed by atoms with E-state index in [0.29, 0.717) is 17.8 Å². The number of nitrogens with zero attached hydrogens (tertiary/aromatic N) is 1. The minimum Gasteiger partial charge on any atom is -0.477 e. The minimum absolute atomic E-state index is 0.00732. The molecule has 2 aromatic rings. The van der Waals surface area contributed by atoms with Crippen molar-refractivity contribution in [1.29, 1.82) is 0 Å². The maximum Gasteiger partial charge on any atom is 0.345 e. The van der Waals surface area contributed by atoms with Gasteiger partial charge in [-0.2, -0.15) is 0 Å². The van der Waals surface area contributed by atoms with Crippen LogP contribution in [0.4, 0.5) is 4.79 Å². The molecule has 1 aliphatic heterocycles. The highest BCUT2D eigenvalue weighted by Crippen LogP contribution is 2.25. The van der Waals surface area contributed by atoms with Crippen LogP contribution in [0.5, 0.6) is 0 Å². The topological polar surface area (TPSA) is 77.8 Å². The van der Waals surface area contributed by atoms with Crippen molar-refractivity contribution in [3.63, 3.8) is 0 Å². The summed E-state index contributed by atoms with van der Waals surface area (Å²) in [7, 11) is 0. The second-order valence-corrected chi connectivity index (χ2v) is 9.19. The molecule has 1 amide bonds. The molecule has 1 fully saturated rings. The Balaban J connectivity index is 1.53. The van der Waals surface area contributed by atoms with Crippen molar-refractivity contribution in [2.45, 2.75) is 37.8 Å². The number of thioether (sulfide) groups is 1. The van der Waals surface area contributed by atoms with E-state index in [1.807, 2.05) is 47.4 Å². The molecule has 0 radical (unpaired) electrons. The average molecular weight is 432 g/mol. The molecule has 1 aromatic heterocycles. The number of aliphatic hydroxyl groups excluding tert-OH is 1.